The molecular weight excluding hydrogens is 331 g/mol. The van der Waals surface area contributed by atoms with Gasteiger partial charge in [0.15, 0.2) is 6.10 Å². The van der Waals surface area contributed by atoms with E-state index >= 15 is 0 Å². The van der Waals surface area contributed by atoms with Gasteiger partial charge in [-0.1, -0.05) is 0 Å². The smallest absolute Gasteiger partial charge is 0.334 e. The second kappa shape index (κ2) is 8.57. The van der Waals surface area contributed by atoms with Gasteiger partial charge in [-0.3, -0.25) is 9.59 Å². The third kappa shape index (κ3) is 4.99. The molecule has 0 spiro atoms. The third-order valence-corrected chi connectivity index (χ3v) is 4.19. The van der Waals surface area contributed by atoms with Crippen molar-refractivity contribution in [3.05, 3.63) is 35.6 Å². The molecule has 0 aromatic heterocycles. The molecule has 0 aliphatic carbocycles. The van der Waals surface area contributed by atoms with Gasteiger partial charge in [-0.05, 0) is 37.1 Å². The Kier molecular flexibility index (Phi) is 6.46. The number of carboxylic acid groups (broad SMARTS) is 1. The van der Waals surface area contributed by atoms with Gasteiger partial charge in [-0.2, -0.15) is 0 Å². The van der Waals surface area contributed by atoms with Crippen LogP contribution in [0.3, 0.4) is 0 Å². The molecule has 1 aliphatic rings. The fourth-order valence-corrected chi connectivity index (χ4v) is 2.76. The first-order valence-corrected chi connectivity index (χ1v) is 8.00. The number of benzene rings is 1. The highest BCUT2D eigenvalue weighted by Crippen LogP contribution is 2.19. The molecule has 2 atom stereocenters. The van der Waals surface area contributed by atoms with Gasteiger partial charge >= 0.3 is 5.97 Å². The third-order valence-electron chi connectivity index (χ3n) is 4.19. The molecule has 1 aliphatic heterocycles. The van der Waals surface area contributed by atoms with E-state index in [9.17, 15) is 18.8 Å². The van der Waals surface area contributed by atoms with Gasteiger partial charge in [0.1, 0.15) is 5.82 Å². The molecule has 2 rings (SSSR count). The average Bonchev–Trinajstić information content (AvgIpc) is 2.62. The van der Waals surface area contributed by atoms with Gasteiger partial charge in [0, 0.05) is 25.8 Å². The molecule has 0 bridgehead atoms. The van der Waals surface area contributed by atoms with Gasteiger partial charge in [0.25, 0.3) is 5.91 Å². The van der Waals surface area contributed by atoms with Crippen molar-refractivity contribution >= 4 is 17.8 Å². The first-order valence-electron chi connectivity index (χ1n) is 8.00. The van der Waals surface area contributed by atoms with E-state index in [2.05, 4.69) is 5.32 Å². The largest absolute Gasteiger partial charge is 0.479 e. The molecular formula is C17H21FN2O5. The molecule has 2 unspecified atom stereocenters. The summed E-state index contributed by atoms with van der Waals surface area (Å²) in [5.74, 6) is -2.54. The predicted molar refractivity (Wildman–Crippen MR) is 86.5 cm³/mol. The van der Waals surface area contributed by atoms with Crippen LogP contribution in [0.1, 0.15) is 23.2 Å². The van der Waals surface area contributed by atoms with E-state index in [0.29, 0.717) is 24.9 Å². The number of aliphatic carboxylic acids is 1. The standard InChI is InChI=1S/C17H21FN2O5/c1-25-14(17(23)24)9-19-15(21)12-3-2-8-20(10-12)16(22)11-4-6-13(18)7-5-11/h4-7,12,14H,2-3,8-10H2,1H3,(H,19,21)(H,23,24). The van der Waals surface area contributed by atoms with Crippen molar-refractivity contribution in [3.8, 4) is 0 Å². The Morgan fingerprint density at radius 1 is 1.36 bits per heavy atom. The molecule has 136 valence electrons. The number of likely N-dealkylation sites (tertiary alicyclic amines) is 1. The van der Waals surface area contributed by atoms with Crippen molar-refractivity contribution in [1.82, 2.24) is 10.2 Å². The molecule has 1 heterocycles. The van der Waals surface area contributed by atoms with E-state index in [-0.39, 0.29) is 24.9 Å². The number of nitrogens with one attached hydrogen (secondary N) is 1. The highest BCUT2D eigenvalue weighted by molar-refractivity contribution is 5.94. The number of piperidine rings is 1. The maximum Gasteiger partial charge on any atom is 0.334 e. The number of nitrogens with zero attached hydrogens (tertiary/aromatic N) is 1. The summed E-state index contributed by atoms with van der Waals surface area (Å²) in [5, 5.41) is 11.5. The fraction of sp³-hybridized carbons (Fsp3) is 0.471. The van der Waals surface area contributed by atoms with Crippen LogP contribution >= 0.6 is 0 Å². The van der Waals surface area contributed by atoms with Gasteiger partial charge < -0.3 is 20.1 Å². The number of methoxy groups -OCH3 is 1. The molecule has 1 aromatic carbocycles. The van der Waals surface area contributed by atoms with Crippen molar-refractivity contribution in [3.63, 3.8) is 0 Å². The molecule has 0 radical (unpaired) electrons. The summed E-state index contributed by atoms with van der Waals surface area (Å²) < 4.78 is 17.7. The van der Waals surface area contributed by atoms with E-state index in [0.717, 1.165) is 0 Å². The summed E-state index contributed by atoms with van der Waals surface area (Å²) in [7, 11) is 1.26. The van der Waals surface area contributed by atoms with Gasteiger partial charge in [0.2, 0.25) is 5.91 Å². The number of ether oxygens (including phenoxy) is 1. The predicted octanol–water partition coefficient (Wildman–Crippen LogP) is 0.894. The van der Waals surface area contributed by atoms with E-state index < -0.39 is 23.8 Å². The van der Waals surface area contributed by atoms with Crippen molar-refractivity contribution in [2.45, 2.75) is 18.9 Å². The normalized spacial score (nSPS) is 18.5. The highest BCUT2D eigenvalue weighted by atomic mass is 19.1. The lowest BCUT2D eigenvalue weighted by Gasteiger charge is -2.32. The Balaban J connectivity index is 1.93. The van der Waals surface area contributed by atoms with Crippen LogP contribution in [0.4, 0.5) is 4.39 Å². The summed E-state index contributed by atoms with van der Waals surface area (Å²) in [6.07, 6.45) is 0.172. The zero-order valence-electron chi connectivity index (χ0n) is 13.9. The molecule has 1 fully saturated rings. The SMILES string of the molecule is COC(CNC(=O)C1CCCN(C(=O)c2ccc(F)cc2)C1)C(=O)O. The number of carbonyl (C=O) groups excluding carboxylic acids is 2. The van der Waals surface area contributed by atoms with Crippen LogP contribution in [0.2, 0.25) is 0 Å². The van der Waals surface area contributed by atoms with Crippen molar-refractivity contribution in [2.75, 3.05) is 26.7 Å². The number of hydrogen-bond acceptors (Lipinski definition) is 4. The van der Waals surface area contributed by atoms with Crippen LogP contribution in [-0.2, 0) is 14.3 Å². The van der Waals surface area contributed by atoms with Crippen LogP contribution in [0.25, 0.3) is 0 Å². The topological polar surface area (TPSA) is 95.9 Å². The number of hydrogen-bond donors (Lipinski definition) is 2. The number of carbonyl (C=O) groups is 3. The Morgan fingerprint density at radius 3 is 2.64 bits per heavy atom. The maximum atomic E-state index is 13.0. The molecule has 1 aromatic rings. The van der Waals surface area contributed by atoms with Crippen LogP contribution in [0.5, 0.6) is 0 Å². The first-order chi connectivity index (χ1) is 11.9. The fourth-order valence-electron chi connectivity index (χ4n) is 2.76. The second-order valence-electron chi connectivity index (χ2n) is 5.90. The number of carboxylic acids is 1. The minimum Gasteiger partial charge on any atom is -0.479 e. The molecule has 0 saturated carbocycles. The van der Waals surface area contributed by atoms with Crippen LogP contribution < -0.4 is 5.32 Å². The number of rotatable bonds is 6. The Labute approximate surface area is 144 Å². The summed E-state index contributed by atoms with van der Waals surface area (Å²) >= 11 is 0. The van der Waals surface area contributed by atoms with Crippen molar-refractivity contribution < 1.29 is 28.6 Å². The monoisotopic (exact) mass is 352 g/mol. The zero-order valence-corrected chi connectivity index (χ0v) is 13.9. The van der Waals surface area contributed by atoms with Gasteiger partial charge in [0.05, 0.1) is 12.5 Å². The quantitative estimate of drug-likeness (QED) is 0.793. The second-order valence-corrected chi connectivity index (χ2v) is 5.90. The van der Waals surface area contributed by atoms with Crippen molar-refractivity contribution in [1.29, 1.82) is 0 Å². The average molecular weight is 352 g/mol. The molecule has 2 N–H and O–H groups in total. The van der Waals surface area contributed by atoms with E-state index in [4.69, 9.17) is 9.84 Å². The molecule has 7 nitrogen and oxygen atoms in total. The van der Waals surface area contributed by atoms with Crippen LogP contribution in [0.15, 0.2) is 24.3 Å². The lowest BCUT2D eigenvalue weighted by molar-refractivity contribution is -0.148. The van der Waals surface area contributed by atoms with E-state index in [1.54, 1.807) is 4.90 Å². The van der Waals surface area contributed by atoms with Gasteiger partial charge in [-0.25, -0.2) is 9.18 Å². The lowest BCUT2D eigenvalue weighted by atomic mass is 9.96. The Hall–Kier alpha value is -2.48. The van der Waals surface area contributed by atoms with E-state index in [1.807, 2.05) is 0 Å². The molecule has 8 heteroatoms. The van der Waals surface area contributed by atoms with Crippen LogP contribution in [0, 0.1) is 11.7 Å². The molecule has 25 heavy (non-hydrogen) atoms. The first kappa shape index (κ1) is 18.9. The van der Waals surface area contributed by atoms with Gasteiger partial charge in [-0.15, -0.1) is 0 Å². The molecule has 1 saturated heterocycles. The summed E-state index contributed by atoms with van der Waals surface area (Å²) in [4.78, 5) is 37.1. The molecule has 2 amide bonds. The Bertz CT molecular complexity index is 634. The summed E-state index contributed by atoms with van der Waals surface area (Å²) in [6, 6.07) is 5.27. The number of halogens is 1. The number of amides is 2. The highest BCUT2D eigenvalue weighted by Gasteiger charge is 2.29. The minimum absolute atomic E-state index is 0.132. The van der Waals surface area contributed by atoms with Crippen molar-refractivity contribution in [2.24, 2.45) is 5.92 Å². The minimum atomic E-state index is -1.15. The Morgan fingerprint density at radius 2 is 2.04 bits per heavy atom. The summed E-state index contributed by atoms with van der Waals surface area (Å²) in [5.41, 5.74) is 0.368. The maximum absolute atomic E-state index is 13.0. The van der Waals surface area contributed by atoms with E-state index in [1.165, 1.54) is 31.4 Å². The van der Waals surface area contributed by atoms with Crippen LogP contribution in [-0.4, -0.2) is 60.6 Å². The zero-order chi connectivity index (χ0) is 18.4. The lowest BCUT2D eigenvalue weighted by Crippen LogP contribution is -2.47. The summed E-state index contributed by atoms with van der Waals surface area (Å²) in [6.45, 7) is 0.635.